The number of amides is 3. The summed E-state index contributed by atoms with van der Waals surface area (Å²) in [6.45, 7) is 1.53. The van der Waals surface area contributed by atoms with Gasteiger partial charge in [-0.2, -0.15) is 0 Å². The van der Waals surface area contributed by atoms with Crippen LogP contribution in [0.15, 0.2) is 34.9 Å². The van der Waals surface area contributed by atoms with Crippen molar-refractivity contribution >= 4 is 35.0 Å². The van der Waals surface area contributed by atoms with Crippen LogP contribution in [0.25, 0.3) is 0 Å². The molecule has 110 valence electrons. The molecular weight excluding hydrogens is 296 g/mol. The Labute approximate surface area is 125 Å². The van der Waals surface area contributed by atoms with E-state index in [1.165, 1.54) is 0 Å². The Kier molecular flexibility index (Phi) is 4.78. The van der Waals surface area contributed by atoms with E-state index < -0.39 is 6.03 Å². The summed E-state index contributed by atoms with van der Waals surface area (Å²) >= 11 is 5.74. The number of benzene rings is 1. The van der Waals surface area contributed by atoms with Crippen LogP contribution in [0.3, 0.4) is 0 Å². The van der Waals surface area contributed by atoms with Crippen LogP contribution in [-0.2, 0) is 4.79 Å². The molecule has 3 N–H and O–H groups in total. The molecule has 0 unspecified atom stereocenters. The summed E-state index contributed by atoms with van der Waals surface area (Å²) in [4.78, 5) is 23.2. The van der Waals surface area contributed by atoms with Crippen LogP contribution in [0.5, 0.6) is 0 Å². The molecule has 1 aromatic heterocycles. The lowest BCUT2D eigenvalue weighted by atomic mass is 10.3. The second kappa shape index (κ2) is 6.76. The second-order valence-corrected chi connectivity index (χ2v) is 4.62. The largest absolute Gasteiger partial charge is 0.360 e. The summed E-state index contributed by atoms with van der Waals surface area (Å²) in [7, 11) is 0. The zero-order valence-electron chi connectivity index (χ0n) is 11.1. The Morgan fingerprint density at radius 1 is 1.24 bits per heavy atom. The monoisotopic (exact) mass is 308 g/mol. The lowest BCUT2D eigenvalue weighted by molar-refractivity contribution is -0.115. The summed E-state index contributed by atoms with van der Waals surface area (Å²) < 4.78 is 4.80. The molecule has 1 heterocycles. The van der Waals surface area contributed by atoms with Gasteiger partial charge in [0.1, 0.15) is 5.76 Å². The number of aromatic nitrogens is 1. The summed E-state index contributed by atoms with van der Waals surface area (Å²) in [6, 6.07) is 7.66. The smallest absolute Gasteiger partial charge is 0.320 e. The lowest BCUT2D eigenvalue weighted by Gasteiger charge is -2.07. The predicted octanol–water partition coefficient (Wildman–Crippen LogP) is 2.40. The number of carbonyl (C=O) groups is 2. The average Bonchev–Trinajstić information content (AvgIpc) is 2.84. The predicted molar refractivity (Wildman–Crippen MR) is 78.3 cm³/mol. The van der Waals surface area contributed by atoms with Gasteiger partial charge < -0.3 is 15.2 Å². The number of hydrogen-bond acceptors (Lipinski definition) is 4. The molecule has 1 aromatic carbocycles. The van der Waals surface area contributed by atoms with E-state index in [4.69, 9.17) is 16.1 Å². The average molecular weight is 309 g/mol. The van der Waals surface area contributed by atoms with Crippen molar-refractivity contribution in [1.29, 1.82) is 0 Å². The zero-order valence-corrected chi connectivity index (χ0v) is 11.9. The maximum absolute atomic E-state index is 11.6. The summed E-state index contributed by atoms with van der Waals surface area (Å²) in [6.07, 6.45) is 0. The first-order valence-electron chi connectivity index (χ1n) is 6.06. The van der Waals surface area contributed by atoms with Gasteiger partial charge in [-0.1, -0.05) is 16.8 Å². The summed E-state index contributed by atoms with van der Waals surface area (Å²) in [5, 5.41) is 11.6. The van der Waals surface area contributed by atoms with Crippen LogP contribution < -0.4 is 16.0 Å². The molecule has 0 radical (unpaired) electrons. The van der Waals surface area contributed by atoms with E-state index in [-0.39, 0.29) is 18.3 Å². The number of halogens is 1. The third-order valence-electron chi connectivity index (χ3n) is 2.41. The van der Waals surface area contributed by atoms with Crippen LogP contribution in [0.1, 0.15) is 5.76 Å². The highest BCUT2D eigenvalue weighted by atomic mass is 35.5. The van der Waals surface area contributed by atoms with Gasteiger partial charge in [-0.3, -0.25) is 10.1 Å². The number of nitrogens with one attached hydrogen (secondary N) is 3. The van der Waals surface area contributed by atoms with Crippen molar-refractivity contribution in [2.75, 3.05) is 17.2 Å². The standard InChI is InChI=1S/C13H13ClN4O3/c1-8-6-11(18-21-8)17-13(20)15-7-12(19)16-10-4-2-9(14)3-5-10/h2-6H,7H2,1H3,(H,16,19)(H2,15,17,18,20). The summed E-state index contributed by atoms with van der Waals surface area (Å²) in [5.41, 5.74) is 0.596. The van der Waals surface area contributed by atoms with E-state index >= 15 is 0 Å². The van der Waals surface area contributed by atoms with Gasteiger partial charge in [0.15, 0.2) is 5.82 Å². The molecule has 8 heteroatoms. The molecule has 3 amide bonds. The van der Waals surface area contributed by atoms with Gasteiger partial charge in [-0.05, 0) is 31.2 Å². The number of rotatable bonds is 4. The fourth-order valence-electron chi connectivity index (χ4n) is 1.48. The van der Waals surface area contributed by atoms with Crippen molar-refractivity contribution < 1.29 is 14.1 Å². The van der Waals surface area contributed by atoms with Gasteiger partial charge in [0.05, 0.1) is 6.54 Å². The van der Waals surface area contributed by atoms with Gasteiger partial charge in [-0.15, -0.1) is 0 Å². The highest BCUT2D eigenvalue weighted by Gasteiger charge is 2.08. The Morgan fingerprint density at radius 2 is 1.95 bits per heavy atom. The SMILES string of the molecule is Cc1cc(NC(=O)NCC(=O)Nc2ccc(Cl)cc2)no1. The Hall–Kier alpha value is -2.54. The van der Waals surface area contributed by atoms with Crippen molar-refractivity contribution in [2.45, 2.75) is 6.92 Å². The zero-order chi connectivity index (χ0) is 15.2. The van der Waals surface area contributed by atoms with Crippen molar-refractivity contribution in [3.63, 3.8) is 0 Å². The molecule has 0 bridgehead atoms. The van der Waals surface area contributed by atoms with Crippen molar-refractivity contribution in [1.82, 2.24) is 10.5 Å². The maximum Gasteiger partial charge on any atom is 0.320 e. The van der Waals surface area contributed by atoms with Crippen molar-refractivity contribution in [3.8, 4) is 0 Å². The van der Waals surface area contributed by atoms with Gasteiger partial charge in [0.25, 0.3) is 0 Å². The minimum atomic E-state index is -0.547. The third-order valence-corrected chi connectivity index (χ3v) is 2.66. The van der Waals surface area contributed by atoms with Crippen LogP contribution in [0, 0.1) is 6.92 Å². The Morgan fingerprint density at radius 3 is 2.57 bits per heavy atom. The van der Waals surface area contributed by atoms with Crippen LogP contribution in [0.4, 0.5) is 16.3 Å². The van der Waals surface area contributed by atoms with Gasteiger partial charge in [0, 0.05) is 16.8 Å². The highest BCUT2D eigenvalue weighted by molar-refractivity contribution is 6.30. The van der Waals surface area contributed by atoms with E-state index in [9.17, 15) is 9.59 Å². The fraction of sp³-hybridized carbons (Fsp3) is 0.154. The molecule has 2 rings (SSSR count). The molecule has 0 saturated carbocycles. The van der Waals surface area contributed by atoms with E-state index in [0.717, 1.165) is 0 Å². The first kappa shape index (κ1) is 14.9. The molecule has 21 heavy (non-hydrogen) atoms. The van der Waals surface area contributed by atoms with Gasteiger partial charge in [0.2, 0.25) is 5.91 Å². The van der Waals surface area contributed by atoms with E-state index in [2.05, 4.69) is 21.1 Å². The number of carbonyl (C=O) groups excluding carboxylic acids is 2. The quantitative estimate of drug-likeness (QED) is 0.808. The first-order chi connectivity index (χ1) is 10.0. The number of nitrogens with zero attached hydrogens (tertiary/aromatic N) is 1. The van der Waals surface area contributed by atoms with E-state index in [0.29, 0.717) is 16.5 Å². The molecule has 0 aliphatic heterocycles. The van der Waals surface area contributed by atoms with Crippen LogP contribution in [0.2, 0.25) is 5.02 Å². The second-order valence-electron chi connectivity index (χ2n) is 4.19. The lowest BCUT2D eigenvalue weighted by Crippen LogP contribution is -2.35. The maximum atomic E-state index is 11.6. The van der Waals surface area contributed by atoms with Crippen molar-refractivity contribution in [2.24, 2.45) is 0 Å². The minimum Gasteiger partial charge on any atom is -0.360 e. The molecule has 0 atom stereocenters. The Bertz CT molecular complexity index is 639. The molecule has 0 fully saturated rings. The minimum absolute atomic E-state index is 0.175. The van der Waals surface area contributed by atoms with Crippen LogP contribution >= 0.6 is 11.6 Å². The molecule has 0 aliphatic carbocycles. The van der Waals surface area contributed by atoms with E-state index in [1.54, 1.807) is 37.3 Å². The van der Waals surface area contributed by atoms with Crippen LogP contribution in [-0.4, -0.2) is 23.6 Å². The molecule has 0 spiro atoms. The third kappa shape index (κ3) is 4.81. The molecule has 0 aliphatic rings. The fourth-order valence-corrected chi connectivity index (χ4v) is 1.61. The van der Waals surface area contributed by atoms with Gasteiger partial charge >= 0.3 is 6.03 Å². The highest BCUT2D eigenvalue weighted by Crippen LogP contribution is 2.13. The first-order valence-corrected chi connectivity index (χ1v) is 6.44. The topological polar surface area (TPSA) is 96.3 Å². The molecule has 2 aromatic rings. The number of urea groups is 1. The van der Waals surface area contributed by atoms with E-state index in [1.807, 2.05) is 0 Å². The molecule has 7 nitrogen and oxygen atoms in total. The molecular formula is C13H13ClN4O3. The molecule has 0 saturated heterocycles. The normalized spacial score (nSPS) is 10.0. The van der Waals surface area contributed by atoms with Crippen molar-refractivity contribution in [3.05, 3.63) is 41.1 Å². The number of aryl methyl sites for hydroxylation is 1. The number of anilines is 2. The number of hydrogen-bond donors (Lipinski definition) is 3. The Balaban J connectivity index is 1.75. The van der Waals surface area contributed by atoms with Gasteiger partial charge in [-0.25, -0.2) is 4.79 Å². The summed E-state index contributed by atoms with van der Waals surface area (Å²) in [5.74, 6) is 0.498.